The molecule has 0 fully saturated rings. The van der Waals surface area contributed by atoms with Crippen LogP contribution in [0.2, 0.25) is 0 Å². The van der Waals surface area contributed by atoms with Gasteiger partial charge in [-0.05, 0) is 61.4 Å². The molecule has 0 unspecified atom stereocenters. The van der Waals surface area contributed by atoms with Crippen molar-refractivity contribution in [3.05, 3.63) is 59.2 Å². The van der Waals surface area contributed by atoms with Crippen LogP contribution in [0.1, 0.15) is 36.5 Å². The van der Waals surface area contributed by atoms with E-state index in [0.717, 1.165) is 18.4 Å². The van der Waals surface area contributed by atoms with E-state index in [9.17, 15) is 9.59 Å². The molecule has 1 aliphatic carbocycles. The van der Waals surface area contributed by atoms with Crippen LogP contribution in [0.25, 0.3) is 0 Å². The fourth-order valence-electron chi connectivity index (χ4n) is 3.29. The van der Waals surface area contributed by atoms with E-state index in [1.807, 2.05) is 19.1 Å². The van der Waals surface area contributed by atoms with Crippen molar-refractivity contribution in [3.63, 3.8) is 0 Å². The predicted molar refractivity (Wildman–Crippen MR) is 106 cm³/mol. The van der Waals surface area contributed by atoms with Crippen LogP contribution in [0.5, 0.6) is 11.5 Å². The molecule has 148 valence electrons. The van der Waals surface area contributed by atoms with E-state index in [1.165, 1.54) is 24.0 Å². The Morgan fingerprint density at radius 1 is 0.893 bits per heavy atom. The number of carbonyl (C=O) groups excluding carboxylic acids is 2. The second kappa shape index (κ2) is 9.78. The SMILES string of the molecule is CCOc1ccccc1OCC(=O)NNC(=O)Cc1ccc2c(c1)CCCC2. The lowest BCUT2D eigenvalue weighted by atomic mass is 9.90. The Hall–Kier alpha value is -3.02. The van der Waals surface area contributed by atoms with E-state index in [4.69, 9.17) is 9.47 Å². The van der Waals surface area contributed by atoms with Crippen LogP contribution in [0.3, 0.4) is 0 Å². The molecular formula is C22H26N2O4. The van der Waals surface area contributed by atoms with Crippen LogP contribution in [0, 0.1) is 0 Å². The highest BCUT2D eigenvalue weighted by atomic mass is 16.5. The summed E-state index contributed by atoms with van der Waals surface area (Å²) in [6.45, 7) is 2.16. The number of aryl methyl sites for hydroxylation is 2. The maximum absolute atomic E-state index is 12.1. The van der Waals surface area contributed by atoms with Gasteiger partial charge in [0, 0.05) is 0 Å². The molecule has 0 atom stereocenters. The van der Waals surface area contributed by atoms with Crippen LogP contribution in [0.4, 0.5) is 0 Å². The van der Waals surface area contributed by atoms with Crippen molar-refractivity contribution < 1.29 is 19.1 Å². The zero-order chi connectivity index (χ0) is 19.8. The molecule has 0 saturated heterocycles. The molecule has 0 aromatic heterocycles. The van der Waals surface area contributed by atoms with Gasteiger partial charge in [0.2, 0.25) is 5.91 Å². The number of nitrogens with one attached hydrogen (secondary N) is 2. The van der Waals surface area contributed by atoms with Crippen LogP contribution < -0.4 is 20.3 Å². The Morgan fingerprint density at radius 3 is 2.32 bits per heavy atom. The summed E-state index contributed by atoms with van der Waals surface area (Å²) in [6.07, 6.45) is 4.84. The third-order valence-electron chi connectivity index (χ3n) is 4.63. The Bertz CT molecular complexity index is 835. The smallest absolute Gasteiger partial charge is 0.276 e. The fraction of sp³-hybridized carbons (Fsp3) is 0.364. The maximum Gasteiger partial charge on any atom is 0.276 e. The van der Waals surface area contributed by atoms with Crippen molar-refractivity contribution in [2.45, 2.75) is 39.0 Å². The summed E-state index contributed by atoms with van der Waals surface area (Å²) in [7, 11) is 0. The van der Waals surface area contributed by atoms with Crippen molar-refractivity contribution in [2.24, 2.45) is 0 Å². The molecule has 0 saturated carbocycles. The largest absolute Gasteiger partial charge is 0.490 e. The number of hydrazine groups is 1. The molecule has 0 heterocycles. The summed E-state index contributed by atoms with van der Waals surface area (Å²) in [6, 6.07) is 13.3. The number of carbonyl (C=O) groups is 2. The van der Waals surface area contributed by atoms with E-state index in [1.54, 1.807) is 18.2 Å². The average molecular weight is 382 g/mol. The first-order chi connectivity index (χ1) is 13.7. The average Bonchev–Trinajstić information content (AvgIpc) is 2.72. The highest BCUT2D eigenvalue weighted by Crippen LogP contribution is 2.26. The van der Waals surface area contributed by atoms with Gasteiger partial charge in [0.1, 0.15) is 0 Å². The summed E-state index contributed by atoms with van der Waals surface area (Å²) < 4.78 is 10.9. The normalized spacial score (nSPS) is 12.6. The van der Waals surface area contributed by atoms with Gasteiger partial charge in [0.25, 0.3) is 5.91 Å². The molecule has 0 bridgehead atoms. The summed E-state index contributed by atoms with van der Waals surface area (Å²) in [5.41, 5.74) is 8.49. The first-order valence-electron chi connectivity index (χ1n) is 9.68. The minimum Gasteiger partial charge on any atom is -0.490 e. The second-order valence-electron chi connectivity index (χ2n) is 6.75. The van der Waals surface area contributed by atoms with E-state index < -0.39 is 5.91 Å². The monoisotopic (exact) mass is 382 g/mol. The molecule has 2 N–H and O–H groups in total. The van der Waals surface area contributed by atoms with Crippen molar-refractivity contribution in [3.8, 4) is 11.5 Å². The Labute approximate surface area is 165 Å². The van der Waals surface area contributed by atoms with Crippen molar-refractivity contribution >= 4 is 11.8 Å². The van der Waals surface area contributed by atoms with Crippen LogP contribution in [-0.4, -0.2) is 25.0 Å². The second-order valence-corrected chi connectivity index (χ2v) is 6.75. The molecule has 1 aliphatic rings. The van der Waals surface area contributed by atoms with Gasteiger partial charge in [-0.25, -0.2) is 0 Å². The van der Waals surface area contributed by atoms with Gasteiger partial charge >= 0.3 is 0 Å². The highest BCUT2D eigenvalue weighted by Gasteiger charge is 2.12. The first kappa shape index (κ1) is 19.7. The molecule has 28 heavy (non-hydrogen) atoms. The fourth-order valence-corrected chi connectivity index (χ4v) is 3.29. The highest BCUT2D eigenvalue weighted by molar-refractivity contribution is 5.84. The van der Waals surface area contributed by atoms with Gasteiger partial charge in [-0.15, -0.1) is 0 Å². The number of fused-ring (bicyclic) bond motifs is 1. The summed E-state index contributed by atoms with van der Waals surface area (Å²) in [4.78, 5) is 24.1. The Morgan fingerprint density at radius 2 is 1.57 bits per heavy atom. The summed E-state index contributed by atoms with van der Waals surface area (Å²) >= 11 is 0. The number of amides is 2. The Balaban J connectivity index is 1.44. The number of hydrogen-bond acceptors (Lipinski definition) is 4. The van der Waals surface area contributed by atoms with E-state index in [0.29, 0.717) is 18.1 Å². The van der Waals surface area contributed by atoms with Crippen LogP contribution in [0.15, 0.2) is 42.5 Å². The maximum atomic E-state index is 12.1. The van der Waals surface area contributed by atoms with Crippen LogP contribution in [-0.2, 0) is 28.9 Å². The van der Waals surface area contributed by atoms with Crippen molar-refractivity contribution in [1.29, 1.82) is 0 Å². The number of para-hydroxylation sites is 2. The molecule has 2 amide bonds. The molecule has 3 rings (SSSR count). The van der Waals surface area contributed by atoms with Gasteiger partial charge in [-0.1, -0.05) is 30.3 Å². The van der Waals surface area contributed by atoms with Gasteiger partial charge in [-0.3, -0.25) is 20.4 Å². The van der Waals surface area contributed by atoms with E-state index in [-0.39, 0.29) is 18.9 Å². The molecule has 6 heteroatoms. The van der Waals surface area contributed by atoms with E-state index in [2.05, 4.69) is 23.0 Å². The van der Waals surface area contributed by atoms with E-state index >= 15 is 0 Å². The lowest BCUT2D eigenvalue weighted by molar-refractivity contribution is -0.129. The van der Waals surface area contributed by atoms with Crippen molar-refractivity contribution in [1.82, 2.24) is 10.9 Å². The summed E-state index contributed by atoms with van der Waals surface area (Å²) in [5.74, 6) is 0.359. The van der Waals surface area contributed by atoms with Gasteiger partial charge in [0.15, 0.2) is 18.1 Å². The minimum atomic E-state index is -0.440. The van der Waals surface area contributed by atoms with Gasteiger partial charge < -0.3 is 9.47 Å². The quantitative estimate of drug-likeness (QED) is 0.722. The van der Waals surface area contributed by atoms with Crippen molar-refractivity contribution in [2.75, 3.05) is 13.2 Å². The molecule has 2 aromatic rings. The lowest BCUT2D eigenvalue weighted by Crippen LogP contribution is -2.44. The molecule has 2 aromatic carbocycles. The Kier molecular flexibility index (Phi) is 6.89. The molecule has 0 radical (unpaired) electrons. The third kappa shape index (κ3) is 5.49. The van der Waals surface area contributed by atoms with Gasteiger partial charge in [-0.2, -0.15) is 0 Å². The molecule has 0 spiro atoms. The topological polar surface area (TPSA) is 76.7 Å². The van der Waals surface area contributed by atoms with Crippen LogP contribution >= 0.6 is 0 Å². The third-order valence-corrected chi connectivity index (χ3v) is 4.63. The lowest BCUT2D eigenvalue weighted by Gasteiger charge is -2.16. The number of ether oxygens (including phenoxy) is 2. The van der Waals surface area contributed by atoms with Gasteiger partial charge in [0.05, 0.1) is 13.0 Å². The zero-order valence-corrected chi connectivity index (χ0v) is 16.1. The summed E-state index contributed by atoms with van der Waals surface area (Å²) in [5, 5.41) is 0. The standard InChI is InChI=1S/C22H26N2O4/c1-2-27-19-9-5-6-10-20(19)28-15-22(26)24-23-21(25)14-16-11-12-17-7-3-4-8-18(17)13-16/h5-6,9-13H,2-4,7-8,14-15H2,1H3,(H,23,25)(H,24,26). The predicted octanol–water partition coefficient (Wildman–Crippen LogP) is 2.73. The molecule has 6 nitrogen and oxygen atoms in total. The number of benzene rings is 2. The minimum absolute atomic E-state index is 0.219. The zero-order valence-electron chi connectivity index (χ0n) is 16.1. The first-order valence-corrected chi connectivity index (χ1v) is 9.68. The molecular weight excluding hydrogens is 356 g/mol. The molecule has 0 aliphatic heterocycles. The number of hydrogen-bond donors (Lipinski definition) is 2. The number of rotatable bonds is 7.